The smallest absolute Gasteiger partial charge is 0.190 e. The molecule has 0 aliphatic carbocycles. The number of hydrogen-bond donors (Lipinski definition) is 4. The van der Waals surface area contributed by atoms with Crippen LogP contribution in [0.25, 0.3) is 11.2 Å². The fourth-order valence-electron chi connectivity index (χ4n) is 3.82. The average Bonchev–Trinajstić information content (AvgIpc) is 3.32. The van der Waals surface area contributed by atoms with Crippen molar-refractivity contribution in [3.8, 4) is 11.8 Å². The maximum Gasteiger partial charge on any atom is 0.190 e. The Morgan fingerprint density at radius 3 is 2.44 bits per heavy atom. The molecule has 1 aromatic carbocycles. The Bertz CT molecular complexity index is 1150. The first-order valence-electron chi connectivity index (χ1n) is 10.5. The van der Waals surface area contributed by atoms with Crippen molar-refractivity contribution in [1.29, 1.82) is 0 Å². The van der Waals surface area contributed by atoms with Crippen LogP contribution in [0.1, 0.15) is 31.5 Å². The molecule has 0 amide bonds. The second-order valence-electron chi connectivity index (χ2n) is 7.43. The Kier molecular flexibility index (Phi) is 6.25. The molecular formula is C22H26N6O4. The Labute approximate surface area is 185 Å². The predicted octanol–water partition coefficient (Wildman–Crippen LogP) is 0.266. The van der Waals surface area contributed by atoms with E-state index >= 15 is 0 Å². The lowest BCUT2D eigenvalue weighted by Gasteiger charge is -2.20. The van der Waals surface area contributed by atoms with Gasteiger partial charge in [-0.15, -0.1) is 0 Å². The summed E-state index contributed by atoms with van der Waals surface area (Å²) >= 11 is 0. The lowest BCUT2D eigenvalue weighted by atomic mass is 10.1. The van der Waals surface area contributed by atoms with Crippen LogP contribution in [-0.4, -0.2) is 72.8 Å². The third-order valence-corrected chi connectivity index (χ3v) is 5.59. The fraction of sp³-hybridized carbons (Fsp3) is 0.409. The van der Waals surface area contributed by atoms with Crippen LogP contribution in [0.15, 0.2) is 30.6 Å². The van der Waals surface area contributed by atoms with Gasteiger partial charge in [0.15, 0.2) is 29.0 Å². The third-order valence-electron chi connectivity index (χ3n) is 5.59. The molecule has 0 spiro atoms. The standard InChI is InChI=1S/C22H26N6O4/c1-3-27(4-2)14-8-5-13(6-9-14)7-10-16-26-17-20(23)24-12-25-21(17)28(16)22-19(31)18(30)15(11-29)32-22/h5-6,8-9,12,15,18-19,22,29-31H,3-4,11H2,1-2H3,(H2,23,24,25)/t15-,18-,19-,22-/m1/s1. The van der Waals surface area contributed by atoms with Gasteiger partial charge in [-0.05, 0) is 44.0 Å². The zero-order valence-corrected chi connectivity index (χ0v) is 17.9. The Balaban J connectivity index is 1.74. The van der Waals surface area contributed by atoms with Gasteiger partial charge in [0.05, 0.1) is 6.61 Å². The number of rotatable bonds is 5. The molecule has 0 saturated carbocycles. The molecule has 1 fully saturated rings. The van der Waals surface area contributed by atoms with Crippen molar-refractivity contribution in [3.63, 3.8) is 0 Å². The minimum atomic E-state index is -1.31. The number of imidazole rings is 1. The highest BCUT2D eigenvalue weighted by molar-refractivity contribution is 5.82. The summed E-state index contributed by atoms with van der Waals surface area (Å²) in [4.78, 5) is 14.9. The highest BCUT2D eigenvalue weighted by Gasteiger charge is 2.44. The quantitative estimate of drug-likeness (QED) is 0.413. The topological polar surface area (TPSA) is 143 Å². The molecule has 0 bridgehead atoms. The summed E-state index contributed by atoms with van der Waals surface area (Å²) in [6.45, 7) is 5.59. The summed E-state index contributed by atoms with van der Waals surface area (Å²) in [5, 5.41) is 30.2. The summed E-state index contributed by atoms with van der Waals surface area (Å²) in [5.41, 5.74) is 8.47. The lowest BCUT2D eigenvalue weighted by molar-refractivity contribution is -0.0514. The largest absolute Gasteiger partial charge is 0.394 e. The van der Waals surface area contributed by atoms with Crippen molar-refractivity contribution < 1.29 is 20.1 Å². The van der Waals surface area contributed by atoms with E-state index in [0.29, 0.717) is 11.2 Å². The molecule has 4 rings (SSSR count). The molecule has 3 aromatic rings. The van der Waals surface area contributed by atoms with Gasteiger partial charge in [0.25, 0.3) is 0 Å². The molecule has 0 unspecified atom stereocenters. The molecule has 0 radical (unpaired) electrons. The van der Waals surface area contributed by atoms with Crippen LogP contribution in [0.3, 0.4) is 0 Å². The van der Waals surface area contributed by atoms with Crippen LogP contribution < -0.4 is 10.6 Å². The van der Waals surface area contributed by atoms with Gasteiger partial charge in [0, 0.05) is 24.3 Å². The van der Waals surface area contributed by atoms with E-state index in [-0.39, 0.29) is 11.6 Å². The van der Waals surface area contributed by atoms with Gasteiger partial charge in [-0.3, -0.25) is 4.57 Å². The van der Waals surface area contributed by atoms with Crippen molar-refractivity contribution in [3.05, 3.63) is 42.0 Å². The number of aliphatic hydroxyl groups is 3. The van der Waals surface area contributed by atoms with Crippen molar-refractivity contribution in [2.45, 2.75) is 38.4 Å². The van der Waals surface area contributed by atoms with E-state index in [2.05, 4.69) is 45.5 Å². The van der Waals surface area contributed by atoms with Gasteiger partial charge in [-0.2, -0.15) is 0 Å². The molecule has 168 valence electrons. The number of nitrogen functional groups attached to an aromatic ring is 1. The number of benzene rings is 1. The number of hydrogen-bond acceptors (Lipinski definition) is 9. The molecule has 2 aromatic heterocycles. The van der Waals surface area contributed by atoms with Crippen LogP contribution in [0.2, 0.25) is 0 Å². The van der Waals surface area contributed by atoms with Crippen LogP contribution in [0.5, 0.6) is 0 Å². The van der Waals surface area contributed by atoms with Crippen LogP contribution in [0, 0.1) is 11.8 Å². The zero-order valence-electron chi connectivity index (χ0n) is 17.9. The van der Waals surface area contributed by atoms with E-state index in [0.717, 1.165) is 24.3 Å². The molecule has 10 heteroatoms. The first kappa shape index (κ1) is 22.0. The van der Waals surface area contributed by atoms with Crippen LogP contribution in [0.4, 0.5) is 11.5 Å². The van der Waals surface area contributed by atoms with Gasteiger partial charge < -0.3 is 30.7 Å². The minimum Gasteiger partial charge on any atom is -0.394 e. The Morgan fingerprint density at radius 2 is 1.81 bits per heavy atom. The van der Waals surface area contributed by atoms with Crippen molar-refractivity contribution >= 4 is 22.7 Å². The highest BCUT2D eigenvalue weighted by Crippen LogP contribution is 2.33. The molecule has 10 nitrogen and oxygen atoms in total. The Morgan fingerprint density at radius 1 is 1.09 bits per heavy atom. The van der Waals surface area contributed by atoms with Gasteiger partial charge in [-0.1, -0.05) is 5.92 Å². The molecule has 1 saturated heterocycles. The van der Waals surface area contributed by atoms with Gasteiger partial charge in [-0.25, -0.2) is 15.0 Å². The lowest BCUT2D eigenvalue weighted by Crippen LogP contribution is -2.33. The third kappa shape index (κ3) is 3.87. The molecule has 5 N–H and O–H groups in total. The fourth-order valence-corrected chi connectivity index (χ4v) is 3.82. The van der Waals surface area contributed by atoms with E-state index in [9.17, 15) is 15.3 Å². The number of aromatic nitrogens is 4. The second-order valence-corrected chi connectivity index (χ2v) is 7.43. The molecule has 32 heavy (non-hydrogen) atoms. The zero-order chi connectivity index (χ0) is 22.8. The monoisotopic (exact) mass is 438 g/mol. The Hall–Kier alpha value is -3.23. The first-order chi connectivity index (χ1) is 15.5. The number of nitrogens with two attached hydrogens (primary N) is 1. The molecule has 4 atom stereocenters. The molecular weight excluding hydrogens is 412 g/mol. The second kappa shape index (κ2) is 9.10. The van der Waals surface area contributed by atoms with E-state index in [4.69, 9.17) is 10.5 Å². The maximum atomic E-state index is 10.5. The maximum absolute atomic E-state index is 10.5. The van der Waals surface area contributed by atoms with Crippen molar-refractivity contribution in [2.75, 3.05) is 30.3 Å². The number of ether oxygens (including phenoxy) is 1. The first-order valence-corrected chi connectivity index (χ1v) is 10.5. The van der Waals surface area contributed by atoms with Crippen LogP contribution >= 0.6 is 0 Å². The van der Waals surface area contributed by atoms with E-state index in [1.54, 1.807) is 0 Å². The van der Waals surface area contributed by atoms with E-state index < -0.39 is 31.1 Å². The van der Waals surface area contributed by atoms with Gasteiger partial charge in [0.2, 0.25) is 0 Å². The van der Waals surface area contributed by atoms with Gasteiger partial charge >= 0.3 is 0 Å². The van der Waals surface area contributed by atoms with E-state index in [1.165, 1.54) is 10.9 Å². The number of nitrogens with zero attached hydrogens (tertiary/aromatic N) is 5. The van der Waals surface area contributed by atoms with Crippen molar-refractivity contribution in [2.24, 2.45) is 0 Å². The highest BCUT2D eigenvalue weighted by atomic mass is 16.6. The average molecular weight is 438 g/mol. The normalized spacial score (nSPS) is 22.7. The predicted molar refractivity (Wildman–Crippen MR) is 119 cm³/mol. The van der Waals surface area contributed by atoms with E-state index in [1.807, 2.05) is 24.3 Å². The number of fused-ring (bicyclic) bond motifs is 1. The summed E-state index contributed by atoms with van der Waals surface area (Å²) < 4.78 is 7.17. The van der Waals surface area contributed by atoms with Crippen LogP contribution in [-0.2, 0) is 4.74 Å². The summed E-state index contributed by atoms with van der Waals surface area (Å²) in [6, 6.07) is 7.87. The summed E-state index contributed by atoms with van der Waals surface area (Å²) in [6.07, 6.45) is -3.29. The number of anilines is 2. The molecule has 3 heterocycles. The minimum absolute atomic E-state index is 0.159. The SMILES string of the molecule is CCN(CC)c1ccc(C#Cc2nc3c(N)ncnc3n2[C@@H]2O[C@H](CO)[C@@H](O)[C@H]2O)cc1. The molecule has 1 aliphatic rings. The number of aliphatic hydroxyl groups excluding tert-OH is 3. The molecule has 1 aliphatic heterocycles. The summed E-state index contributed by atoms with van der Waals surface area (Å²) in [7, 11) is 0. The van der Waals surface area contributed by atoms with Gasteiger partial charge in [0.1, 0.15) is 24.6 Å². The summed E-state index contributed by atoms with van der Waals surface area (Å²) in [5.74, 6) is 6.47. The van der Waals surface area contributed by atoms with Crippen molar-refractivity contribution in [1.82, 2.24) is 19.5 Å².